The highest BCUT2D eigenvalue weighted by Gasteiger charge is 2.20. The molecular formula is C15H11F3N4O3. The van der Waals surface area contributed by atoms with Gasteiger partial charge >= 0.3 is 0 Å². The molecule has 0 bridgehead atoms. The molecule has 1 aromatic heterocycles. The number of halogens is 3. The average Bonchev–Trinajstić information content (AvgIpc) is 2.54. The normalized spacial score (nSPS) is 12.8. The zero-order valence-electron chi connectivity index (χ0n) is 12.5. The summed E-state index contributed by atoms with van der Waals surface area (Å²) in [5, 5.41) is 4.65. The van der Waals surface area contributed by atoms with E-state index in [9.17, 15) is 27.6 Å². The minimum absolute atomic E-state index is 0.0171. The number of amides is 2. The van der Waals surface area contributed by atoms with Gasteiger partial charge in [0.25, 0.3) is 11.8 Å². The van der Waals surface area contributed by atoms with Crippen LogP contribution in [0.5, 0.6) is 0 Å². The van der Waals surface area contributed by atoms with Gasteiger partial charge in [-0.15, -0.1) is 0 Å². The summed E-state index contributed by atoms with van der Waals surface area (Å²) in [4.78, 5) is 35.7. The van der Waals surface area contributed by atoms with Crippen LogP contribution in [0.1, 0.15) is 26.4 Å². The predicted octanol–water partition coefficient (Wildman–Crippen LogP) is 0.440. The monoisotopic (exact) mass is 352 g/mol. The fraction of sp³-hybridized carbons (Fsp3) is 0.133. The lowest BCUT2D eigenvalue weighted by Gasteiger charge is -2.21. The molecule has 0 radical (unpaired) electrons. The second kappa shape index (κ2) is 6.30. The maximum atomic E-state index is 13.6. The van der Waals surface area contributed by atoms with Crippen LogP contribution in [0.3, 0.4) is 0 Å². The molecule has 0 saturated heterocycles. The molecular weight excluding hydrogens is 341 g/mol. The zero-order valence-corrected chi connectivity index (χ0v) is 12.5. The molecule has 0 fully saturated rings. The van der Waals surface area contributed by atoms with Gasteiger partial charge in [0.05, 0.1) is 0 Å². The lowest BCUT2D eigenvalue weighted by Crippen LogP contribution is -2.44. The third-order valence-corrected chi connectivity index (χ3v) is 3.56. The molecule has 3 rings (SSSR count). The van der Waals surface area contributed by atoms with E-state index >= 15 is 0 Å². The van der Waals surface area contributed by atoms with Gasteiger partial charge in [-0.05, 0) is 0 Å². The number of aromatic nitrogens is 1. The highest BCUT2D eigenvalue weighted by atomic mass is 19.1. The molecule has 0 saturated carbocycles. The van der Waals surface area contributed by atoms with Gasteiger partial charge in [0.15, 0.2) is 5.43 Å². The summed E-state index contributed by atoms with van der Waals surface area (Å²) in [7, 11) is 0. The molecule has 2 heterocycles. The number of fused-ring (bicyclic) bond motifs is 1. The second-order valence-corrected chi connectivity index (χ2v) is 5.18. The minimum Gasteiger partial charge on any atom is -0.348 e. The number of benzene rings is 1. The minimum atomic E-state index is -1.15. The van der Waals surface area contributed by atoms with Crippen LogP contribution < -0.4 is 21.5 Å². The Balaban J connectivity index is 1.83. The summed E-state index contributed by atoms with van der Waals surface area (Å²) >= 11 is 0. The highest BCUT2D eigenvalue weighted by Crippen LogP contribution is 2.14. The van der Waals surface area contributed by atoms with Crippen LogP contribution in [0, 0.1) is 17.5 Å². The van der Waals surface area contributed by atoms with Crippen LogP contribution in [-0.4, -0.2) is 23.2 Å². The van der Waals surface area contributed by atoms with Crippen molar-refractivity contribution in [3.05, 3.63) is 68.9 Å². The maximum Gasteiger partial charge on any atom is 0.271 e. The molecule has 7 nitrogen and oxygen atoms in total. The van der Waals surface area contributed by atoms with Gasteiger partial charge in [0.1, 0.15) is 35.4 Å². The van der Waals surface area contributed by atoms with E-state index in [0.29, 0.717) is 12.1 Å². The number of pyridine rings is 1. The molecule has 130 valence electrons. The molecule has 1 aliphatic rings. The van der Waals surface area contributed by atoms with E-state index in [1.807, 2.05) is 0 Å². The highest BCUT2D eigenvalue weighted by molar-refractivity contribution is 5.96. The molecule has 2 aromatic rings. The van der Waals surface area contributed by atoms with Crippen LogP contribution in [-0.2, 0) is 6.54 Å². The Bertz CT molecular complexity index is 919. The molecule has 0 aliphatic carbocycles. The summed E-state index contributed by atoms with van der Waals surface area (Å²) in [6, 6.07) is 1.94. The number of nitrogens with zero attached hydrogens (tertiary/aromatic N) is 1. The first-order chi connectivity index (χ1) is 11.9. The smallest absolute Gasteiger partial charge is 0.271 e. The summed E-state index contributed by atoms with van der Waals surface area (Å²) in [6.07, 6.45) is 1.11. The summed E-state index contributed by atoms with van der Waals surface area (Å²) in [5.74, 6) is -4.77. The lowest BCUT2D eigenvalue weighted by atomic mass is 10.1. The van der Waals surface area contributed by atoms with Gasteiger partial charge in [0.2, 0.25) is 0 Å². The van der Waals surface area contributed by atoms with E-state index < -0.39 is 46.8 Å². The third kappa shape index (κ3) is 3.18. The van der Waals surface area contributed by atoms with Crippen molar-refractivity contribution in [1.29, 1.82) is 0 Å². The number of hydrogen-bond acceptors (Lipinski definition) is 4. The maximum absolute atomic E-state index is 13.6. The molecule has 10 heteroatoms. The Morgan fingerprint density at radius 1 is 1.16 bits per heavy atom. The van der Waals surface area contributed by atoms with E-state index in [-0.39, 0.29) is 17.9 Å². The Labute approximate surface area is 138 Å². The van der Waals surface area contributed by atoms with E-state index in [4.69, 9.17) is 0 Å². The topological polar surface area (TPSA) is 92.2 Å². The van der Waals surface area contributed by atoms with Crippen LogP contribution in [0.25, 0.3) is 0 Å². The van der Waals surface area contributed by atoms with E-state index in [2.05, 4.69) is 16.1 Å². The van der Waals surface area contributed by atoms with Crippen molar-refractivity contribution in [2.24, 2.45) is 0 Å². The Morgan fingerprint density at radius 3 is 2.52 bits per heavy atom. The Hall–Kier alpha value is -3.30. The molecule has 3 N–H and O–H groups in total. The summed E-state index contributed by atoms with van der Waals surface area (Å²) in [6.45, 7) is -0.479. The SMILES string of the molecule is O=C(NCc1c(F)cc(F)cc1F)c1cn2c(cc1=O)C(=O)NCN2. The van der Waals surface area contributed by atoms with Gasteiger partial charge in [-0.3, -0.25) is 19.1 Å². The average molecular weight is 352 g/mol. The first-order valence-corrected chi connectivity index (χ1v) is 7.07. The zero-order chi connectivity index (χ0) is 18.1. The van der Waals surface area contributed by atoms with E-state index in [1.54, 1.807) is 0 Å². The molecule has 1 aromatic carbocycles. The van der Waals surface area contributed by atoms with Crippen molar-refractivity contribution < 1.29 is 22.8 Å². The van der Waals surface area contributed by atoms with Crippen LogP contribution >= 0.6 is 0 Å². The quantitative estimate of drug-likeness (QED) is 0.748. The first kappa shape index (κ1) is 16.6. The Kier molecular flexibility index (Phi) is 4.17. The molecule has 25 heavy (non-hydrogen) atoms. The number of carbonyl (C=O) groups excluding carboxylic acids is 2. The van der Waals surface area contributed by atoms with Crippen molar-refractivity contribution in [3.63, 3.8) is 0 Å². The Morgan fingerprint density at radius 2 is 1.84 bits per heavy atom. The van der Waals surface area contributed by atoms with Crippen LogP contribution in [0.4, 0.5) is 13.2 Å². The largest absolute Gasteiger partial charge is 0.348 e. The van der Waals surface area contributed by atoms with Crippen molar-refractivity contribution in [1.82, 2.24) is 15.3 Å². The van der Waals surface area contributed by atoms with Gasteiger partial charge in [-0.25, -0.2) is 13.2 Å². The van der Waals surface area contributed by atoms with Crippen LogP contribution in [0.2, 0.25) is 0 Å². The molecule has 0 unspecified atom stereocenters. The van der Waals surface area contributed by atoms with Crippen molar-refractivity contribution in [2.75, 3.05) is 12.1 Å². The summed E-state index contributed by atoms with van der Waals surface area (Å²) in [5.41, 5.74) is 1.14. The number of hydrogen-bond donors (Lipinski definition) is 3. The van der Waals surface area contributed by atoms with Crippen molar-refractivity contribution >= 4 is 11.8 Å². The molecule has 1 aliphatic heterocycles. The number of rotatable bonds is 3. The third-order valence-electron chi connectivity index (χ3n) is 3.56. The first-order valence-electron chi connectivity index (χ1n) is 7.07. The predicted molar refractivity (Wildman–Crippen MR) is 79.9 cm³/mol. The second-order valence-electron chi connectivity index (χ2n) is 5.18. The van der Waals surface area contributed by atoms with E-state index in [0.717, 1.165) is 12.3 Å². The molecule has 2 amide bonds. The van der Waals surface area contributed by atoms with Gasteiger partial charge in [-0.2, -0.15) is 0 Å². The number of nitrogens with one attached hydrogen (secondary N) is 3. The van der Waals surface area contributed by atoms with Gasteiger partial charge in [0, 0.05) is 36.5 Å². The van der Waals surface area contributed by atoms with Gasteiger partial charge < -0.3 is 16.1 Å². The van der Waals surface area contributed by atoms with Crippen molar-refractivity contribution in [2.45, 2.75) is 6.54 Å². The fourth-order valence-electron chi connectivity index (χ4n) is 2.31. The number of carbonyl (C=O) groups is 2. The van der Waals surface area contributed by atoms with Crippen LogP contribution in [0.15, 0.2) is 29.2 Å². The van der Waals surface area contributed by atoms with Crippen molar-refractivity contribution in [3.8, 4) is 0 Å². The summed E-state index contributed by atoms with van der Waals surface area (Å²) < 4.78 is 41.2. The molecule has 0 atom stereocenters. The molecule has 0 spiro atoms. The fourth-order valence-corrected chi connectivity index (χ4v) is 2.31. The standard InChI is InChI=1S/C15H11F3N4O3/c16-7-1-10(17)8(11(18)2-7)4-19-14(24)9-5-22-12(3-13(9)23)15(25)20-6-21-22/h1-3,5,21H,4,6H2,(H,19,24)(H,20,25). The van der Waals surface area contributed by atoms with E-state index in [1.165, 1.54) is 4.68 Å². The lowest BCUT2D eigenvalue weighted by molar-refractivity contribution is 0.0924. The van der Waals surface area contributed by atoms with Gasteiger partial charge in [-0.1, -0.05) is 0 Å².